The van der Waals surface area contributed by atoms with Gasteiger partial charge in [0.2, 0.25) is 0 Å². The van der Waals surface area contributed by atoms with Gasteiger partial charge in [-0.25, -0.2) is 0 Å². The Bertz CT molecular complexity index is 563. The van der Waals surface area contributed by atoms with Gasteiger partial charge in [0.25, 0.3) is 0 Å². The van der Waals surface area contributed by atoms with Crippen molar-refractivity contribution in [3.63, 3.8) is 0 Å². The molecule has 0 fully saturated rings. The van der Waals surface area contributed by atoms with Crippen LogP contribution in [0.15, 0.2) is 54.6 Å². The summed E-state index contributed by atoms with van der Waals surface area (Å²) >= 11 is 0. The van der Waals surface area contributed by atoms with Gasteiger partial charge in [0.1, 0.15) is 24.2 Å². The molecular weight excluding hydrogens is 326 g/mol. The summed E-state index contributed by atoms with van der Waals surface area (Å²) in [4.78, 5) is 0. The van der Waals surface area contributed by atoms with Crippen molar-refractivity contribution in [2.75, 3.05) is 13.2 Å². The fourth-order valence-corrected chi connectivity index (χ4v) is 2.26. The Hall–Kier alpha value is -1.75. The summed E-state index contributed by atoms with van der Waals surface area (Å²) in [6, 6.07) is 17.2. The van der Waals surface area contributed by atoms with Crippen LogP contribution in [-0.4, -0.2) is 35.5 Å². The fourth-order valence-electron chi connectivity index (χ4n) is 2.26. The van der Waals surface area contributed by atoms with E-state index in [4.69, 9.17) is 4.74 Å². The number of benzene rings is 2. The maximum Gasteiger partial charge on any atom is 0.119 e. The van der Waals surface area contributed by atoms with Gasteiger partial charge in [0, 0.05) is 12.6 Å². The van der Waals surface area contributed by atoms with Gasteiger partial charge in [-0.05, 0) is 49.6 Å². The number of halogens is 1. The third-order valence-corrected chi connectivity index (χ3v) is 3.69. The van der Waals surface area contributed by atoms with Gasteiger partial charge in [-0.3, -0.25) is 0 Å². The minimum absolute atomic E-state index is 0. The third kappa shape index (κ3) is 7.68. The largest absolute Gasteiger partial charge is 0.508 e. The van der Waals surface area contributed by atoms with Gasteiger partial charge in [-0.2, -0.15) is 0 Å². The second-order valence-corrected chi connectivity index (χ2v) is 5.79. The monoisotopic (exact) mass is 351 g/mol. The SMILES string of the molecule is CC(CCc1ccccc1)NCC(O)COc1ccc(O)cc1.Cl. The number of phenolic OH excluding ortho intramolecular Hbond substituents is 1. The molecule has 0 amide bonds. The minimum Gasteiger partial charge on any atom is -0.508 e. The van der Waals surface area contributed by atoms with E-state index in [-0.39, 0.29) is 24.8 Å². The number of nitrogens with one attached hydrogen (secondary N) is 1. The topological polar surface area (TPSA) is 61.7 Å². The van der Waals surface area contributed by atoms with Gasteiger partial charge >= 0.3 is 0 Å². The van der Waals surface area contributed by atoms with Crippen LogP contribution in [0.3, 0.4) is 0 Å². The van der Waals surface area contributed by atoms with Crippen molar-refractivity contribution in [1.29, 1.82) is 0 Å². The molecule has 3 N–H and O–H groups in total. The van der Waals surface area contributed by atoms with E-state index in [1.807, 2.05) is 6.07 Å². The number of aliphatic hydroxyl groups is 1. The van der Waals surface area contributed by atoms with Crippen molar-refractivity contribution in [2.24, 2.45) is 0 Å². The molecule has 0 aliphatic heterocycles. The highest BCUT2D eigenvalue weighted by Crippen LogP contribution is 2.15. The number of rotatable bonds is 9. The van der Waals surface area contributed by atoms with Gasteiger partial charge in [0.15, 0.2) is 0 Å². The Morgan fingerprint density at radius 1 is 1.04 bits per heavy atom. The van der Waals surface area contributed by atoms with E-state index in [2.05, 4.69) is 36.5 Å². The number of phenols is 1. The average Bonchev–Trinajstić information content (AvgIpc) is 2.58. The van der Waals surface area contributed by atoms with Crippen molar-refractivity contribution < 1.29 is 14.9 Å². The highest BCUT2D eigenvalue weighted by Gasteiger charge is 2.08. The minimum atomic E-state index is -0.567. The lowest BCUT2D eigenvalue weighted by molar-refractivity contribution is 0.104. The molecule has 0 heterocycles. The van der Waals surface area contributed by atoms with Crippen LogP contribution in [0.4, 0.5) is 0 Å². The highest BCUT2D eigenvalue weighted by atomic mass is 35.5. The molecule has 0 aliphatic rings. The van der Waals surface area contributed by atoms with E-state index >= 15 is 0 Å². The third-order valence-electron chi connectivity index (χ3n) is 3.69. The van der Waals surface area contributed by atoms with E-state index in [0.29, 0.717) is 18.3 Å². The molecule has 0 saturated carbocycles. The lowest BCUT2D eigenvalue weighted by Gasteiger charge is -2.17. The molecule has 0 radical (unpaired) electrons. The fraction of sp³-hybridized carbons (Fsp3) is 0.368. The van der Waals surface area contributed by atoms with E-state index in [9.17, 15) is 10.2 Å². The lowest BCUT2D eigenvalue weighted by atomic mass is 10.1. The molecule has 0 saturated heterocycles. The van der Waals surface area contributed by atoms with E-state index < -0.39 is 6.10 Å². The van der Waals surface area contributed by atoms with E-state index in [1.54, 1.807) is 24.3 Å². The maximum absolute atomic E-state index is 9.96. The van der Waals surface area contributed by atoms with Crippen molar-refractivity contribution in [1.82, 2.24) is 5.32 Å². The maximum atomic E-state index is 9.96. The van der Waals surface area contributed by atoms with Crippen LogP contribution in [0.25, 0.3) is 0 Å². The zero-order valence-electron chi connectivity index (χ0n) is 13.9. The van der Waals surface area contributed by atoms with Crippen LogP contribution in [-0.2, 0) is 6.42 Å². The second-order valence-electron chi connectivity index (χ2n) is 5.79. The summed E-state index contributed by atoms with van der Waals surface area (Å²) in [5, 5.41) is 22.5. The summed E-state index contributed by atoms with van der Waals surface area (Å²) in [6.45, 7) is 2.84. The van der Waals surface area contributed by atoms with Gasteiger partial charge in [-0.15, -0.1) is 12.4 Å². The summed E-state index contributed by atoms with van der Waals surface area (Å²) in [5.74, 6) is 0.839. The van der Waals surface area contributed by atoms with E-state index in [1.165, 1.54) is 5.56 Å². The predicted molar refractivity (Wildman–Crippen MR) is 99.1 cm³/mol. The van der Waals surface area contributed by atoms with Crippen LogP contribution in [0.2, 0.25) is 0 Å². The van der Waals surface area contributed by atoms with Crippen molar-refractivity contribution in [2.45, 2.75) is 31.9 Å². The van der Waals surface area contributed by atoms with E-state index in [0.717, 1.165) is 12.8 Å². The first-order chi connectivity index (χ1) is 11.1. The number of aromatic hydroxyl groups is 1. The number of aryl methyl sites for hydroxylation is 1. The average molecular weight is 352 g/mol. The Kier molecular flexibility index (Phi) is 9.23. The summed E-state index contributed by atoms with van der Waals surface area (Å²) in [6.07, 6.45) is 1.48. The highest BCUT2D eigenvalue weighted by molar-refractivity contribution is 5.85. The first kappa shape index (κ1) is 20.3. The molecule has 2 aromatic rings. The molecule has 24 heavy (non-hydrogen) atoms. The van der Waals surface area contributed by atoms with Crippen molar-refractivity contribution in [3.8, 4) is 11.5 Å². The van der Waals surface area contributed by atoms with Crippen LogP contribution in [0.1, 0.15) is 18.9 Å². The standard InChI is InChI=1S/C19H25NO3.ClH/c1-15(7-8-16-5-3-2-4-6-16)20-13-18(22)14-23-19-11-9-17(21)10-12-19;/h2-6,9-12,15,18,20-22H,7-8,13-14H2,1H3;1H. The quantitative estimate of drug-likeness (QED) is 0.649. The van der Waals surface area contributed by atoms with Crippen LogP contribution < -0.4 is 10.1 Å². The van der Waals surface area contributed by atoms with Crippen LogP contribution in [0.5, 0.6) is 11.5 Å². The number of ether oxygens (including phenoxy) is 1. The van der Waals surface area contributed by atoms with Gasteiger partial charge < -0.3 is 20.3 Å². The Balaban J connectivity index is 0.00000288. The Morgan fingerprint density at radius 3 is 2.38 bits per heavy atom. The normalized spacial score (nSPS) is 12.9. The summed E-state index contributed by atoms with van der Waals surface area (Å²) < 4.78 is 5.48. The number of aliphatic hydroxyl groups excluding tert-OH is 1. The first-order valence-electron chi connectivity index (χ1n) is 8.00. The van der Waals surface area contributed by atoms with Gasteiger partial charge in [-0.1, -0.05) is 30.3 Å². The Labute approximate surface area is 149 Å². The Morgan fingerprint density at radius 2 is 1.71 bits per heavy atom. The molecule has 0 bridgehead atoms. The molecule has 2 unspecified atom stereocenters. The zero-order valence-corrected chi connectivity index (χ0v) is 14.7. The zero-order chi connectivity index (χ0) is 16.5. The molecule has 0 aromatic heterocycles. The molecule has 2 aromatic carbocycles. The summed E-state index contributed by atoms with van der Waals surface area (Å²) in [7, 11) is 0. The smallest absolute Gasteiger partial charge is 0.119 e. The molecule has 0 aliphatic carbocycles. The van der Waals surface area contributed by atoms with Crippen LogP contribution >= 0.6 is 12.4 Å². The molecule has 5 heteroatoms. The van der Waals surface area contributed by atoms with Crippen LogP contribution in [0, 0.1) is 0 Å². The first-order valence-corrected chi connectivity index (χ1v) is 8.00. The molecular formula is C19H26ClNO3. The lowest BCUT2D eigenvalue weighted by Crippen LogP contribution is -2.36. The van der Waals surface area contributed by atoms with Gasteiger partial charge in [0.05, 0.1) is 0 Å². The molecule has 132 valence electrons. The van der Waals surface area contributed by atoms with Crippen molar-refractivity contribution >= 4 is 12.4 Å². The number of hydrogen-bond acceptors (Lipinski definition) is 4. The number of hydrogen-bond donors (Lipinski definition) is 3. The molecule has 2 atom stereocenters. The molecule has 2 rings (SSSR count). The molecule has 4 nitrogen and oxygen atoms in total. The second kappa shape index (κ2) is 10.9. The summed E-state index contributed by atoms with van der Waals surface area (Å²) in [5.41, 5.74) is 1.33. The molecule has 0 spiro atoms. The predicted octanol–water partition coefficient (Wildman–Crippen LogP) is 3.16. The van der Waals surface area contributed by atoms with Crippen molar-refractivity contribution in [3.05, 3.63) is 60.2 Å².